The van der Waals surface area contributed by atoms with Gasteiger partial charge in [0.1, 0.15) is 0 Å². The Morgan fingerprint density at radius 2 is 1.95 bits per heavy atom. The first kappa shape index (κ1) is 14.8. The molecule has 5 nitrogen and oxygen atoms in total. The smallest absolute Gasteiger partial charge is 0.269 e. The van der Waals surface area contributed by atoms with Crippen molar-refractivity contribution in [1.29, 1.82) is 5.26 Å². The molecule has 0 fully saturated rings. The van der Waals surface area contributed by atoms with Crippen LogP contribution < -0.4 is 5.32 Å². The van der Waals surface area contributed by atoms with E-state index in [1.807, 2.05) is 6.92 Å². The molecular weight excluding hydrogens is 290 g/mol. The van der Waals surface area contributed by atoms with Crippen LogP contribution in [0.3, 0.4) is 0 Å². The van der Waals surface area contributed by atoms with E-state index in [-0.39, 0.29) is 11.7 Å². The predicted molar refractivity (Wildman–Crippen MR) is 81.3 cm³/mol. The third-order valence-electron chi connectivity index (χ3n) is 3.07. The zero-order valence-electron chi connectivity index (χ0n) is 11.2. The zero-order chi connectivity index (χ0) is 15.4. The molecule has 21 heavy (non-hydrogen) atoms. The number of hydrogen-bond donors (Lipinski definition) is 1. The second-order valence-corrected chi connectivity index (χ2v) is 4.93. The van der Waals surface area contributed by atoms with Crippen LogP contribution in [0.15, 0.2) is 42.5 Å². The van der Waals surface area contributed by atoms with Crippen molar-refractivity contribution >= 4 is 23.0 Å². The summed E-state index contributed by atoms with van der Waals surface area (Å²) in [6.07, 6.45) is 0. The normalized spacial score (nSPS) is 11.5. The lowest BCUT2D eigenvalue weighted by molar-refractivity contribution is -0.384. The molecule has 0 radical (unpaired) electrons. The Bertz CT molecular complexity index is 708. The van der Waals surface area contributed by atoms with Crippen LogP contribution in [0.5, 0.6) is 0 Å². The Hall–Kier alpha value is -2.58. The molecule has 106 valence electrons. The van der Waals surface area contributed by atoms with E-state index in [2.05, 4.69) is 11.4 Å². The Morgan fingerprint density at radius 1 is 1.29 bits per heavy atom. The highest BCUT2D eigenvalue weighted by molar-refractivity contribution is 6.33. The van der Waals surface area contributed by atoms with E-state index in [1.165, 1.54) is 12.1 Å². The van der Waals surface area contributed by atoms with E-state index in [1.54, 1.807) is 30.3 Å². The number of nitro benzene ring substituents is 1. The van der Waals surface area contributed by atoms with Crippen LogP contribution in [-0.2, 0) is 0 Å². The summed E-state index contributed by atoms with van der Waals surface area (Å²) in [6.45, 7) is 1.91. The quantitative estimate of drug-likeness (QED) is 0.674. The summed E-state index contributed by atoms with van der Waals surface area (Å²) < 4.78 is 0. The number of anilines is 1. The lowest BCUT2D eigenvalue weighted by Gasteiger charge is -2.16. The minimum atomic E-state index is -0.435. The first-order valence-corrected chi connectivity index (χ1v) is 6.59. The van der Waals surface area contributed by atoms with E-state index in [4.69, 9.17) is 16.9 Å². The molecule has 0 saturated heterocycles. The van der Waals surface area contributed by atoms with Gasteiger partial charge in [-0.25, -0.2) is 0 Å². The highest BCUT2D eigenvalue weighted by Gasteiger charge is 2.11. The molecule has 1 atom stereocenters. The standard InChI is InChI=1S/C15H12ClN3O2/c1-10(12-3-5-13(6-4-12)19(20)21)18-15-8-11(9-17)2-7-14(15)16/h2-8,10,18H,1H3. The lowest BCUT2D eigenvalue weighted by atomic mass is 10.1. The van der Waals surface area contributed by atoms with Crippen LogP contribution in [0.1, 0.15) is 24.1 Å². The molecule has 2 rings (SSSR count). The summed E-state index contributed by atoms with van der Waals surface area (Å²) in [5.74, 6) is 0. The molecule has 6 heteroatoms. The number of nitriles is 1. The number of non-ortho nitro benzene ring substituents is 1. The molecule has 0 amide bonds. The number of rotatable bonds is 4. The summed E-state index contributed by atoms with van der Waals surface area (Å²) in [6, 6.07) is 13.2. The monoisotopic (exact) mass is 301 g/mol. The minimum absolute atomic E-state index is 0.0514. The molecule has 0 saturated carbocycles. The fourth-order valence-corrected chi connectivity index (χ4v) is 2.08. The molecule has 0 aliphatic carbocycles. The van der Waals surface area contributed by atoms with E-state index in [9.17, 15) is 10.1 Å². The first-order valence-electron chi connectivity index (χ1n) is 6.22. The third kappa shape index (κ3) is 3.50. The molecule has 0 aliphatic rings. The number of nitrogens with zero attached hydrogens (tertiary/aromatic N) is 2. The minimum Gasteiger partial charge on any atom is -0.377 e. The zero-order valence-corrected chi connectivity index (χ0v) is 12.0. The summed E-state index contributed by atoms with van der Waals surface area (Å²) in [5.41, 5.74) is 2.11. The summed E-state index contributed by atoms with van der Waals surface area (Å²) in [7, 11) is 0. The predicted octanol–water partition coefficient (Wildman–Crippen LogP) is 4.29. The van der Waals surface area contributed by atoms with E-state index in [0.717, 1.165) is 5.56 Å². The lowest BCUT2D eigenvalue weighted by Crippen LogP contribution is -2.07. The molecule has 1 unspecified atom stereocenters. The van der Waals surface area contributed by atoms with Crippen LogP contribution in [0.25, 0.3) is 0 Å². The van der Waals surface area contributed by atoms with Crippen molar-refractivity contribution in [2.45, 2.75) is 13.0 Å². The number of halogens is 1. The second-order valence-electron chi connectivity index (χ2n) is 4.52. The maximum atomic E-state index is 10.6. The number of hydrogen-bond acceptors (Lipinski definition) is 4. The molecule has 2 aromatic carbocycles. The van der Waals surface area contributed by atoms with Crippen LogP contribution in [0, 0.1) is 21.4 Å². The summed E-state index contributed by atoms with van der Waals surface area (Å²) >= 11 is 6.09. The van der Waals surface area contributed by atoms with Crippen LogP contribution in [0.4, 0.5) is 11.4 Å². The molecule has 1 N–H and O–H groups in total. The average molecular weight is 302 g/mol. The van der Waals surface area contributed by atoms with Crippen molar-refractivity contribution in [2.24, 2.45) is 0 Å². The van der Waals surface area contributed by atoms with Gasteiger partial charge in [0.15, 0.2) is 0 Å². The van der Waals surface area contributed by atoms with E-state index < -0.39 is 4.92 Å². The van der Waals surface area contributed by atoms with Gasteiger partial charge >= 0.3 is 0 Å². The van der Waals surface area contributed by atoms with E-state index in [0.29, 0.717) is 16.3 Å². The number of nitrogens with one attached hydrogen (secondary N) is 1. The first-order chi connectivity index (χ1) is 10.0. The van der Waals surface area contributed by atoms with E-state index >= 15 is 0 Å². The van der Waals surface area contributed by atoms with Crippen molar-refractivity contribution in [3.63, 3.8) is 0 Å². The fourth-order valence-electron chi connectivity index (χ4n) is 1.91. The van der Waals surface area contributed by atoms with Crippen molar-refractivity contribution in [1.82, 2.24) is 0 Å². The van der Waals surface area contributed by atoms with Gasteiger partial charge < -0.3 is 5.32 Å². The highest BCUT2D eigenvalue weighted by Crippen LogP contribution is 2.27. The topological polar surface area (TPSA) is 79.0 Å². The van der Waals surface area contributed by atoms with Gasteiger partial charge in [0.05, 0.1) is 27.3 Å². The maximum absolute atomic E-state index is 10.6. The third-order valence-corrected chi connectivity index (χ3v) is 3.40. The average Bonchev–Trinajstić information content (AvgIpc) is 2.49. The van der Waals surface area contributed by atoms with Crippen molar-refractivity contribution < 1.29 is 4.92 Å². The van der Waals surface area contributed by atoms with Crippen molar-refractivity contribution in [3.05, 3.63) is 68.7 Å². The fraction of sp³-hybridized carbons (Fsp3) is 0.133. The van der Waals surface area contributed by atoms with Gasteiger partial charge in [-0.1, -0.05) is 23.7 Å². The van der Waals surface area contributed by atoms with Gasteiger partial charge in [0, 0.05) is 18.2 Å². The highest BCUT2D eigenvalue weighted by atomic mass is 35.5. The van der Waals surface area contributed by atoms with Crippen molar-refractivity contribution in [2.75, 3.05) is 5.32 Å². The molecule has 0 bridgehead atoms. The molecular formula is C15H12ClN3O2. The van der Waals surface area contributed by atoms with Crippen LogP contribution in [-0.4, -0.2) is 4.92 Å². The Kier molecular flexibility index (Phi) is 4.41. The van der Waals surface area contributed by atoms with Crippen LogP contribution in [0.2, 0.25) is 5.02 Å². The molecule has 0 aliphatic heterocycles. The second kappa shape index (κ2) is 6.25. The molecule has 0 heterocycles. The van der Waals surface area contributed by atoms with Gasteiger partial charge in [0.25, 0.3) is 5.69 Å². The van der Waals surface area contributed by atoms with Crippen molar-refractivity contribution in [3.8, 4) is 6.07 Å². The number of benzene rings is 2. The van der Waals surface area contributed by atoms with Gasteiger partial charge in [-0.2, -0.15) is 5.26 Å². The van der Waals surface area contributed by atoms with Gasteiger partial charge in [-0.3, -0.25) is 10.1 Å². The molecule has 2 aromatic rings. The molecule has 0 spiro atoms. The summed E-state index contributed by atoms with van der Waals surface area (Å²) in [4.78, 5) is 10.2. The maximum Gasteiger partial charge on any atom is 0.269 e. The summed E-state index contributed by atoms with van der Waals surface area (Å²) in [5, 5.41) is 23.2. The largest absolute Gasteiger partial charge is 0.377 e. The Labute approximate surface area is 126 Å². The van der Waals surface area contributed by atoms with Crippen LogP contribution >= 0.6 is 11.6 Å². The Morgan fingerprint density at radius 3 is 2.52 bits per heavy atom. The SMILES string of the molecule is CC(Nc1cc(C#N)ccc1Cl)c1ccc([N+](=O)[O-])cc1. The van der Waals surface area contributed by atoms with Gasteiger partial charge in [-0.15, -0.1) is 0 Å². The van der Waals surface area contributed by atoms with Gasteiger partial charge in [-0.05, 0) is 30.7 Å². The number of nitro groups is 1. The molecule has 0 aromatic heterocycles. The Balaban J connectivity index is 2.19. The van der Waals surface area contributed by atoms with Gasteiger partial charge in [0.2, 0.25) is 0 Å².